The summed E-state index contributed by atoms with van der Waals surface area (Å²) in [6.07, 6.45) is 2.13. The van der Waals surface area contributed by atoms with Crippen LogP contribution < -0.4 is 5.73 Å². The molecule has 0 radical (unpaired) electrons. The zero-order valence-corrected chi connectivity index (χ0v) is 7.64. The fourth-order valence-electron chi connectivity index (χ4n) is 0.833. The highest BCUT2D eigenvalue weighted by Gasteiger charge is 2.06. The summed E-state index contributed by atoms with van der Waals surface area (Å²) in [4.78, 5) is 4.88. The van der Waals surface area contributed by atoms with E-state index in [1.54, 1.807) is 6.19 Å². The van der Waals surface area contributed by atoms with Gasteiger partial charge in [-0.3, -0.25) is 0 Å². The first-order chi connectivity index (χ1) is 6.76. The van der Waals surface area contributed by atoms with Crippen molar-refractivity contribution in [2.24, 2.45) is 10.7 Å². The molecular formula is C8H10N6. The van der Waals surface area contributed by atoms with Gasteiger partial charge in [-0.25, -0.2) is 0 Å². The summed E-state index contributed by atoms with van der Waals surface area (Å²) in [5.74, 6) is 0.0537. The average molecular weight is 190 g/mol. The molecule has 0 aliphatic heterocycles. The van der Waals surface area contributed by atoms with Crippen LogP contribution in [0.3, 0.4) is 0 Å². The molecule has 0 saturated carbocycles. The van der Waals surface area contributed by atoms with Crippen LogP contribution in [0.25, 0.3) is 0 Å². The molecule has 0 aliphatic carbocycles. The third-order valence-corrected chi connectivity index (χ3v) is 1.48. The molecule has 72 valence electrons. The Hall–Kier alpha value is -2.26. The second-order valence-corrected chi connectivity index (χ2v) is 2.37. The van der Waals surface area contributed by atoms with Crippen molar-refractivity contribution in [3.05, 3.63) is 0 Å². The van der Waals surface area contributed by atoms with Gasteiger partial charge in [-0.1, -0.05) is 0 Å². The second-order valence-electron chi connectivity index (χ2n) is 2.37. The van der Waals surface area contributed by atoms with Gasteiger partial charge in [0.1, 0.15) is 0 Å². The third-order valence-electron chi connectivity index (χ3n) is 1.48. The molecule has 2 N–H and O–H groups in total. The van der Waals surface area contributed by atoms with Crippen LogP contribution in [0.5, 0.6) is 0 Å². The lowest BCUT2D eigenvalue weighted by molar-refractivity contribution is 0.432. The summed E-state index contributed by atoms with van der Waals surface area (Å²) in [6.45, 7) is 0.768. The molecule has 0 aliphatic rings. The first-order valence-electron chi connectivity index (χ1n) is 3.97. The molecule has 0 atom stereocenters. The lowest BCUT2D eigenvalue weighted by Gasteiger charge is -2.19. The minimum atomic E-state index is 0.0537. The molecule has 0 spiro atoms. The van der Waals surface area contributed by atoms with Crippen LogP contribution in [0.2, 0.25) is 0 Å². The number of aliphatic imine (C=N–C) groups is 1. The second kappa shape index (κ2) is 7.39. The highest BCUT2D eigenvalue weighted by atomic mass is 15.2. The van der Waals surface area contributed by atoms with Crippen LogP contribution >= 0.6 is 0 Å². The van der Waals surface area contributed by atoms with Gasteiger partial charge in [0.2, 0.25) is 12.2 Å². The Balaban J connectivity index is 4.27. The topological polar surface area (TPSA) is 113 Å². The Morgan fingerprint density at radius 1 is 1.14 bits per heavy atom. The van der Waals surface area contributed by atoms with Crippen molar-refractivity contribution < 1.29 is 0 Å². The minimum absolute atomic E-state index is 0.0537. The predicted octanol–water partition coefficient (Wildman–Crippen LogP) is -0.0885. The molecule has 0 amide bonds. The highest BCUT2D eigenvalue weighted by molar-refractivity contribution is 5.78. The lowest BCUT2D eigenvalue weighted by atomic mass is 10.3. The standard InChI is InChI=1S/C8H10N6/c9-3-1-5-14(6-2-4-10)8(12)13-7-11/h1-2,5-6H2,(H2,12,13). The van der Waals surface area contributed by atoms with Gasteiger partial charge in [-0.05, 0) is 0 Å². The van der Waals surface area contributed by atoms with Crippen LogP contribution in [-0.4, -0.2) is 23.9 Å². The van der Waals surface area contributed by atoms with Gasteiger partial charge in [0.25, 0.3) is 0 Å². The average Bonchev–Trinajstić information content (AvgIpc) is 2.18. The Bertz CT molecular complexity index is 294. The number of guanidine groups is 1. The fourth-order valence-corrected chi connectivity index (χ4v) is 0.833. The Morgan fingerprint density at radius 3 is 2.00 bits per heavy atom. The predicted molar refractivity (Wildman–Crippen MR) is 49.3 cm³/mol. The molecule has 0 bridgehead atoms. The van der Waals surface area contributed by atoms with E-state index >= 15 is 0 Å². The molecule has 0 aromatic heterocycles. The minimum Gasteiger partial charge on any atom is -0.369 e. The number of hydrogen-bond acceptors (Lipinski definition) is 4. The van der Waals surface area contributed by atoms with E-state index in [4.69, 9.17) is 21.5 Å². The monoisotopic (exact) mass is 190 g/mol. The molecule has 0 aromatic carbocycles. The van der Waals surface area contributed by atoms with E-state index in [1.807, 2.05) is 12.1 Å². The van der Waals surface area contributed by atoms with Gasteiger partial charge < -0.3 is 10.6 Å². The van der Waals surface area contributed by atoms with Gasteiger partial charge in [-0.15, -0.1) is 4.99 Å². The Kier molecular flexibility index (Phi) is 6.20. The Morgan fingerprint density at radius 2 is 1.64 bits per heavy atom. The maximum Gasteiger partial charge on any atom is 0.209 e. The summed E-state index contributed by atoms with van der Waals surface area (Å²) in [7, 11) is 0. The van der Waals surface area contributed by atoms with E-state index in [9.17, 15) is 0 Å². The lowest BCUT2D eigenvalue weighted by Crippen LogP contribution is -2.38. The van der Waals surface area contributed by atoms with Gasteiger partial charge in [-0.2, -0.15) is 15.8 Å². The quantitative estimate of drug-likeness (QED) is 0.378. The van der Waals surface area contributed by atoms with Crippen LogP contribution in [0.4, 0.5) is 0 Å². The molecule has 0 saturated heterocycles. The number of rotatable bonds is 4. The van der Waals surface area contributed by atoms with Gasteiger partial charge in [0, 0.05) is 13.1 Å². The SMILES string of the molecule is N#CCCN(CCC#N)C(N)=NC#N. The molecule has 0 aromatic rings. The van der Waals surface area contributed by atoms with Crippen LogP contribution in [0.15, 0.2) is 4.99 Å². The van der Waals surface area contributed by atoms with Crippen molar-refractivity contribution in [2.75, 3.05) is 13.1 Å². The molecular weight excluding hydrogens is 180 g/mol. The van der Waals surface area contributed by atoms with E-state index in [0.717, 1.165) is 0 Å². The number of nitriles is 3. The van der Waals surface area contributed by atoms with Crippen LogP contribution in [0.1, 0.15) is 12.8 Å². The van der Waals surface area contributed by atoms with Crippen molar-refractivity contribution in [1.29, 1.82) is 15.8 Å². The summed E-state index contributed by atoms with van der Waals surface area (Å²) in [5, 5.41) is 25.0. The van der Waals surface area contributed by atoms with Gasteiger partial charge in [0.15, 0.2) is 0 Å². The van der Waals surface area contributed by atoms with Crippen molar-refractivity contribution in [1.82, 2.24) is 4.90 Å². The number of nitrogens with two attached hydrogens (primary N) is 1. The molecule has 6 nitrogen and oxygen atoms in total. The number of hydrogen-bond donors (Lipinski definition) is 1. The molecule has 0 rings (SSSR count). The zero-order valence-electron chi connectivity index (χ0n) is 7.64. The van der Waals surface area contributed by atoms with E-state index in [1.165, 1.54) is 4.90 Å². The van der Waals surface area contributed by atoms with Crippen LogP contribution in [0, 0.1) is 34.1 Å². The van der Waals surface area contributed by atoms with E-state index in [-0.39, 0.29) is 18.8 Å². The highest BCUT2D eigenvalue weighted by Crippen LogP contribution is 1.93. The zero-order chi connectivity index (χ0) is 10.8. The van der Waals surface area contributed by atoms with Gasteiger partial charge in [0.05, 0.1) is 25.0 Å². The largest absolute Gasteiger partial charge is 0.369 e. The first kappa shape index (κ1) is 11.7. The number of nitrogens with zero attached hydrogens (tertiary/aromatic N) is 5. The fraction of sp³-hybridized carbons (Fsp3) is 0.500. The smallest absolute Gasteiger partial charge is 0.209 e. The van der Waals surface area contributed by atoms with Crippen molar-refractivity contribution in [3.8, 4) is 18.3 Å². The van der Waals surface area contributed by atoms with Crippen molar-refractivity contribution in [3.63, 3.8) is 0 Å². The summed E-state index contributed by atoms with van der Waals surface area (Å²) < 4.78 is 0. The Labute approximate surface area is 82.5 Å². The summed E-state index contributed by atoms with van der Waals surface area (Å²) >= 11 is 0. The maximum atomic E-state index is 8.36. The van der Waals surface area contributed by atoms with E-state index in [0.29, 0.717) is 13.1 Å². The van der Waals surface area contributed by atoms with E-state index < -0.39 is 0 Å². The van der Waals surface area contributed by atoms with Crippen molar-refractivity contribution >= 4 is 5.96 Å². The summed E-state index contributed by atoms with van der Waals surface area (Å²) in [5.41, 5.74) is 5.44. The third kappa shape index (κ3) is 4.58. The van der Waals surface area contributed by atoms with E-state index in [2.05, 4.69) is 4.99 Å². The normalized spacial score (nSPS) is 9.64. The van der Waals surface area contributed by atoms with Gasteiger partial charge >= 0.3 is 0 Å². The summed E-state index contributed by atoms with van der Waals surface area (Å²) in [6, 6.07) is 3.91. The van der Waals surface area contributed by atoms with Crippen molar-refractivity contribution in [2.45, 2.75) is 12.8 Å². The maximum absolute atomic E-state index is 8.36. The van der Waals surface area contributed by atoms with Crippen LogP contribution in [-0.2, 0) is 0 Å². The molecule has 6 heteroatoms. The molecule has 0 fully saturated rings. The molecule has 14 heavy (non-hydrogen) atoms. The first-order valence-corrected chi connectivity index (χ1v) is 3.97. The molecule has 0 unspecified atom stereocenters. The molecule has 0 heterocycles.